The van der Waals surface area contributed by atoms with E-state index in [1.165, 1.54) is 0 Å². The highest BCUT2D eigenvalue weighted by molar-refractivity contribution is 6.04. The normalized spacial score (nSPS) is 17.2. The minimum Gasteiger partial charge on any atom is -0.497 e. The molecule has 0 unspecified atom stereocenters. The van der Waals surface area contributed by atoms with Crippen molar-refractivity contribution in [2.75, 3.05) is 37.5 Å². The zero-order chi connectivity index (χ0) is 17.6. The summed E-state index contributed by atoms with van der Waals surface area (Å²) in [6.07, 6.45) is 2.54. The number of nitrogens with one attached hydrogen (secondary N) is 1. The Morgan fingerprint density at radius 3 is 2.68 bits per heavy atom. The van der Waals surface area contributed by atoms with Gasteiger partial charge in [0.1, 0.15) is 5.75 Å². The standard InChI is InChI=1S/C20H24N2O3/c1-24-18-6-3-5-15(13-18)20(23)21-16-8-10-17(11-9-16)22-12-4-7-19(14-22)25-2/h3,5-6,8-11,13,19H,4,7,12,14H2,1-2H3,(H,21,23)/t19-/m1/s1. The Bertz CT molecular complexity index is 715. The molecule has 1 saturated heterocycles. The van der Waals surface area contributed by atoms with Crippen LogP contribution in [0.4, 0.5) is 11.4 Å². The van der Waals surface area contributed by atoms with E-state index in [9.17, 15) is 4.79 Å². The summed E-state index contributed by atoms with van der Waals surface area (Å²) in [5.74, 6) is 0.518. The molecule has 0 aromatic heterocycles. The van der Waals surface area contributed by atoms with Crippen molar-refractivity contribution < 1.29 is 14.3 Å². The zero-order valence-electron chi connectivity index (χ0n) is 14.7. The van der Waals surface area contributed by atoms with Gasteiger partial charge in [0.2, 0.25) is 0 Å². The molecular weight excluding hydrogens is 316 g/mol. The highest BCUT2D eigenvalue weighted by atomic mass is 16.5. The molecule has 0 bridgehead atoms. The van der Waals surface area contributed by atoms with Crippen LogP contribution in [-0.4, -0.2) is 39.3 Å². The molecule has 25 heavy (non-hydrogen) atoms. The minimum absolute atomic E-state index is 0.149. The van der Waals surface area contributed by atoms with Crippen molar-refractivity contribution in [2.24, 2.45) is 0 Å². The largest absolute Gasteiger partial charge is 0.497 e. The Morgan fingerprint density at radius 1 is 1.16 bits per heavy atom. The summed E-state index contributed by atoms with van der Waals surface area (Å²) in [6, 6.07) is 15.1. The number of benzene rings is 2. The van der Waals surface area contributed by atoms with Gasteiger partial charge in [0, 0.05) is 37.1 Å². The molecule has 1 atom stereocenters. The lowest BCUT2D eigenvalue weighted by Crippen LogP contribution is -2.39. The van der Waals surface area contributed by atoms with Crippen molar-refractivity contribution in [1.29, 1.82) is 0 Å². The molecule has 132 valence electrons. The molecule has 0 aliphatic carbocycles. The minimum atomic E-state index is -0.149. The molecule has 1 N–H and O–H groups in total. The molecule has 5 heteroatoms. The first-order chi connectivity index (χ1) is 12.2. The SMILES string of the molecule is COc1cccc(C(=O)Nc2ccc(N3CCC[C@@H](OC)C3)cc2)c1. The van der Waals surface area contributed by atoms with E-state index in [4.69, 9.17) is 9.47 Å². The van der Waals surface area contributed by atoms with Crippen LogP contribution in [0.2, 0.25) is 0 Å². The van der Waals surface area contributed by atoms with Gasteiger partial charge in [0.25, 0.3) is 5.91 Å². The number of hydrogen-bond acceptors (Lipinski definition) is 4. The molecule has 1 heterocycles. The van der Waals surface area contributed by atoms with Crippen molar-refractivity contribution >= 4 is 17.3 Å². The number of amides is 1. The summed E-state index contributed by atoms with van der Waals surface area (Å²) >= 11 is 0. The third kappa shape index (κ3) is 4.31. The van der Waals surface area contributed by atoms with Gasteiger partial charge in [0.05, 0.1) is 13.2 Å². The molecule has 0 saturated carbocycles. The Kier molecular flexibility index (Phi) is 5.56. The first-order valence-electron chi connectivity index (χ1n) is 8.53. The second-order valence-corrected chi connectivity index (χ2v) is 6.18. The van der Waals surface area contributed by atoms with E-state index in [0.717, 1.165) is 37.3 Å². The topological polar surface area (TPSA) is 50.8 Å². The van der Waals surface area contributed by atoms with Gasteiger partial charge in [-0.1, -0.05) is 6.07 Å². The van der Waals surface area contributed by atoms with Gasteiger partial charge in [-0.05, 0) is 55.3 Å². The molecule has 2 aromatic carbocycles. The van der Waals surface area contributed by atoms with Crippen LogP contribution < -0.4 is 15.0 Å². The first kappa shape index (κ1) is 17.3. The van der Waals surface area contributed by atoms with Crippen molar-refractivity contribution in [3.8, 4) is 5.75 Å². The fourth-order valence-electron chi connectivity index (χ4n) is 3.09. The predicted octanol–water partition coefficient (Wildman–Crippen LogP) is 3.56. The lowest BCUT2D eigenvalue weighted by molar-refractivity contribution is 0.0893. The average molecular weight is 340 g/mol. The highest BCUT2D eigenvalue weighted by Gasteiger charge is 2.19. The third-order valence-corrected chi connectivity index (χ3v) is 4.53. The van der Waals surface area contributed by atoms with Gasteiger partial charge in [-0.25, -0.2) is 0 Å². The maximum Gasteiger partial charge on any atom is 0.255 e. The van der Waals surface area contributed by atoms with E-state index >= 15 is 0 Å². The number of methoxy groups -OCH3 is 2. The average Bonchev–Trinajstić information content (AvgIpc) is 2.68. The molecule has 5 nitrogen and oxygen atoms in total. The zero-order valence-corrected chi connectivity index (χ0v) is 14.7. The molecule has 1 aliphatic heterocycles. The number of anilines is 2. The Hall–Kier alpha value is -2.53. The van der Waals surface area contributed by atoms with Gasteiger partial charge in [0.15, 0.2) is 0 Å². The van der Waals surface area contributed by atoms with Crippen LogP contribution in [0.15, 0.2) is 48.5 Å². The van der Waals surface area contributed by atoms with Crippen LogP contribution in [0.25, 0.3) is 0 Å². The first-order valence-corrected chi connectivity index (χ1v) is 8.53. The van der Waals surface area contributed by atoms with Gasteiger partial charge >= 0.3 is 0 Å². The summed E-state index contributed by atoms with van der Waals surface area (Å²) in [5.41, 5.74) is 2.50. The quantitative estimate of drug-likeness (QED) is 0.904. The number of carbonyl (C=O) groups excluding carboxylic acids is 1. The summed E-state index contributed by atoms with van der Waals surface area (Å²) in [6.45, 7) is 1.95. The molecule has 2 aromatic rings. The van der Waals surface area contributed by atoms with E-state index in [1.807, 2.05) is 30.3 Å². The molecule has 1 aliphatic rings. The number of piperidine rings is 1. The Morgan fingerprint density at radius 2 is 1.96 bits per heavy atom. The van der Waals surface area contributed by atoms with Crippen molar-refractivity contribution in [3.05, 3.63) is 54.1 Å². The Balaban J connectivity index is 1.65. The van der Waals surface area contributed by atoms with Crippen LogP contribution in [0, 0.1) is 0 Å². The maximum atomic E-state index is 12.4. The number of ether oxygens (including phenoxy) is 2. The monoisotopic (exact) mass is 340 g/mol. The second-order valence-electron chi connectivity index (χ2n) is 6.18. The van der Waals surface area contributed by atoms with Crippen LogP contribution in [0.5, 0.6) is 5.75 Å². The van der Waals surface area contributed by atoms with Crippen molar-refractivity contribution in [3.63, 3.8) is 0 Å². The van der Waals surface area contributed by atoms with Crippen LogP contribution in [-0.2, 0) is 4.74 Å². The van der Waals surface area contributed by atoms with Gasteiger partial charge in [-0.3, -0.25) is 4.79 Å². The number of hydrogen-bond donors (Lipinski definition) is 1. The van der Waals surface area contributed by atoms with Crippen LogP contribution in [0.3, 0.4) is 0 Å². The van der Waals surface area contributed by atoms with E-state index < -0.39 is 0 Å². The molecule has 1 amide bonds. The lowest BCUT2D eigenvalue weighted by atomic mass is 10.1. The smallest absolute Gasteiger partial charge is 0.255 e. The van der Waals surface area contributed by atoms with Gasteiger partial charge < -0.3 is 19.7 Å². The molecule has 3 rings (SSSR count). The fraction of sp³-hybridized carbons (Fsp3) is 0.350. The van der Waals surface area contributed by atoms with Gasteiger partial charge in [-0.15, -0.1) is 0 Å². The van der Waals surface area contributed by atoms with Crippen molar-refractivity contribution in [2.45, 2.75) is 18.9 Å². The number of nitrogens with zero attached hydrogens (tertiary/aromatic N) is 1. The van der Waals surface area contributed by atoms with Gasteiger partial charge in [-0.2, -0.15) is 0 Å². The summed E-state index contributed by atoms with van der Waals surface area (Å²) in [5, 5.41) is 2.92. The van der Waals surface area contributed by atoms with E-state index in [-0.39, 0.29) is 5.91 Å². The van der Waals surface area contributed by atoms with Crippen LogP contribution in [0.1, 0.15) is 23.2 Å². The number of carbonyl (C=O) groups is 1. The third-order valence-electron chi connectivity index (χ3n) is 4.53. The van der Waals surface area contributed by atoms with E-state index in [2.05, 4.69) is 10.2 Å². The summed E-state index contributed by atoms with van der Waals surface area (Å²) in [4.78, 5) is 14.7. The lowest BCUT2D eigenvalue weighted by Gasteiger charge is -2.33. The molecule has 0 radical (unpaired) electrons. The summed E-state index contributed by atoms with van der Waals surface area (Å²) in [7, 11) is 3.36. The summed E-state index contributed by atoms with van der Waals surface area (Å²) < 4.78 is 10.6. The van der Waals surface area contributed by atoms with E-state index in [0.29, 0.717) is 17.4 Å². The number of rotatable bonds is 5. The van der Waals surface area contributed by atoms with E-state index in [1.54, 1.807) is 32.4 Å². The highest BCUT2D eigenvalue weighted by Crippen LogP contribution is 2.23. The molecular formula is C20H24N2O3. The molecule has 1 fully saturated rings. The van der Waals surface area contributed by atoms with Crippen LogP contribution >= 0.6 is 0 Å². The fourth-order valence-corrected chi connectivity index (χ4v) is 3.09. The van der Waals surface area contributed by atoms with Crippen molar-refractivity contribution in [1.82, 2.24) is 0 Å². The predicted molar refractivity (Wildman–Crippen MR) is 99.6 cm³/mol. The Labute approximate surface area is 148 Å². The maximum absolute atomic E-state index is 12.4. The second kappa shape index (κ2) is 8.03. The molecule has 0 spiro atoms.